The molecule has 0 aliphatic heterocycles. The quantitative estimate of drug-likeness (QED) is 0.726. The summed E-state index contributed by atoms with van der Waals surface area (Å²) < 4.78 is 6.09. The van der Waals surface area contributed by atoms with Crippen molar-refractivity contribution in [3.05, 3.63) is 44.4 Å². The summed E-state index contributed by atoms with van der Waals surface area (Å²) in [5.41, 5.74) is 0. The molecule has 8 heteroatoms. The minimum Gasteiger partial charge on any atom is -0.475 e. The van der Waals surface area contributed by atoms with Gasteiger partial charge in [0.05, 0.1) is 10.3 Å². The van der Waals surface area contributed by atoms with Gasteiger partial charge in [-0.25, -0.2) is 9.59 Å². The molecule has 0 atom stereocenters. The smallest absolute Gasteiger partial charge is 0.371 e. The van der Waals surface area contributed by atoms with Crippen LogP contribution in [-0.4, -0.2) is 23.7 Å². The highest BCUT2D eigenvalue weighted by Crippen LogP contribution is 2.21. The number of thiophene rings is 1. The van der Waals surface area contributed by atoms with Crippen LogP contribution in [0.4, 0.5) is 4.79 Å². The van der Waals surface area contributed by atoms with Crippen LogP contribution in [0.2, 0.25) is 0 Å². The fourth-order valence-electron chi connectivity index (χ4n) is 1.60. The van der Waals surface area contributed by atoms with E-state index in [-0.39, 0.29) is 18.3 Å². The zero-order valence-electron chi connectivity index (χ0n) is 10.9. The molecule has 6 nitrogen and oxygen atoms in total. The monoisotopic (exact) mass is 372 g/mol. The van der Waals surface area contributed by atoms with E-state index in [2.05, 4.69) is 26.6 Å². The van der Waals surface area contributed by atoms with Crippen LogP contribution in [0.15, 0.2) is 32.5 Å². The number of carbonyl (C=O) groups excluding carboxylic acids is 1. The van der Waals surface area contributed by atoms with E-state index in [4.69, 9.17) is 9.52 Å². The predicted octanol–water partition coefficient (Wildman–Crippen LogP) is 2.84. The lowest BCUT2D eigenvalue weighted by Crippen LogP contribution is -2.36. The normalized spacial score (nSPS) is 10.3. The summed E-state index contributed by atoms with van der Waals surface area (Å²) in [5, 5.41) is 14.0. The molecule has 2 aromatic heterocycles. The van der Waals surface area contributed by atoms with Crippen molar-refractivity contribution in [3.8, 4) is 0 Å². The Kier molecular flexibility index (Phi) is 5.40. The first-order valence-electron chi connectivity index (χ1n) is 6.12. The van der Waals surface area contributed by atoms with Crippen LogP contribution in [0.1, 0.15) is 21.2 Å². The fourth-order valence-corrected chi connectivity index (χ4v) is 3.09. The minimum absolute atomic E-state index is 0.143. The molecule has 2 aromatic rings. The molecule has 0 aliphatic rings. The third-order valence-electron chi connectivity index (χ3n) is 2.58. The summed E-state index contributed by atoms with van der Waals surface area (Å²) >= 11 is 5.01. The van der Waals surface area contributed by atoms with E-state index in [1.165, 1.54) is 17.0 Å². The van der Waals surface area contributed by atoms with Crippen molar-refractivity contribution in [2.75, 3.05) is 6.54 Å². The Balaban J connectivity index is 1.68. The molecule has 0 unspecified atom stereocenters. The summed E-state index contributed by atoms with van der Waals surface area (Å²) in [7, 11) is 0. The van der Waals surface area contributed by atoms with Gasteiger partial charge in [-0.2, -0.15) is 0 Å². The van der Waals surface area contributed by atoms with Crippen molar-refractivity contribution in [2.24, 2.45) is 0 Å². The molecule has 2 rings (SSSR count). The number of hydrogen-bond acceptors (Lipinski definition) is 4. The number of amides is 2. The number of carboxylic acid groups (broad SMARTS) is 1. The topological polar surface area (TPSA) is 91.6 Å². The lowest BCUT2D eigenvalue weighted by molar-refractivity contribution is 0.0660. The Morgan fingerprint density at radius 3 is 2.67 bits per heavy atom. The van der Waals surface area contributed by atoms with E-state index in [9.17, 15) is 9.59 Å². The van der Waals surface area contributed by atoms with Crippen LogP contribution in [0.3, 0.4) is 0 Å². The van der Waals surface area contributed by atoms with E-state index in [1.54, 1.807) is 11.3 Å². The maximum Gasteiger partial charge on any atom is 0.371 e. The van der Waals surface area contributed by atoms with E-state index >= 15 is 0 Å². The number of halogens is 1. The number of urea groups is 1. The molecule has 21 heavy (non-hydrogen) atoms. The Labute approximate surface area is 133 Å². The van der Waals surface area contributed by atoms with Crippen molar-refractivity contribution >= 4 is 39.3 Å². The first-order valence-corrected chi connectivity index (χ1v) is 7.73. The molecule has 2 amide bonds. The van der Waals surface area contributed by atoms with Gasteiger partial charge in [0.2, 0.25) is 5.76 Å². The second-order valence-electron chi connectivity index (χ2n) is 4.14. The third kappa shape index (κ3) is 4.91. The first-order chi connectivity index (χ1) is 10.0. The number of furan rings is 1. The van der Waals surface area contributed by atoms with Crippen molar-refractivity contribution < 1.29 is 19.1 Å². The number of aromatic carboxylic acids is 1. The Bertz CT molecular complexity index is 638. The molecule has 0 saturated heterocycles. The summed E-state index contributed by atoms with van der Waals surface area (Å²) in [6.45, 7) is 0.668. The number of rotatable bonds is 6. The fraction of sp³-hybridized carbons (Fsp3) is 0.231. The van der Waals surface area contributed by atoms with Crippen LogP contribution < -0.4 is 10.6 Å². The van der Waals surface area contributed by atoms with Crippen molar-refractivity contribution in [3.63, 3.8) is 0 Å². The summed E-state index contributed by atoms with van der Waals surface area (Å²) in [5.74, 6) is -0.881. The molecule has 0 spiro atoms. The van der Waals surface area contributed by atoms with Gasteiger partial charge in [0, 0.05) is 11.4 Å². The molecule has 0 fully saturated rings. The van der Waals surface area contributed by atoms with Crippen LogP contribution in [0, 0.1) is 0 Å². The molecule has 0 bridgehead atoms. The molecule has 0 aliphatic carbocycles. The van der Waals surface area contributed by atoms with Gasteiger partial charge in [0.15, 0.2) is 0 Å². The highest BCUT2D eigenvalue weighted by molar-refractivity contribution is 9.11. The van der Waals surface area contributed by atoms with Crippen LogP contribution in [0.25, 0.3) is 0 Å². The van der Waals surface area contributed by atoms with Gasteiger partial charge in [0.25, 0.3) is 0 Å². The van der Waals surface area contributed by atoms with Gasteiger partial charge < -0.3 is 20.2 Å². The highest BCUT2D eigenvalue weighted by atomic mass is 79.9. The van der Waals surface area contributed by atoms with Gasteiger partial charge in [0.1, 0.15) is 5.76 Å². The largest absolute Gasteiger partial charge is 0.475 e. The van der Waals surface area contributed by atoms with E-state index in [0.29, 0.717) is 12.3 Å². The van der Waals surface area contributed by atoms with E-state index in [0.717, 1.165) is 10.2 Å². The van der Waals surface area contributed by atoms with Crippen molar-refractivity contribution in [1.82, 2.24) is 10.6 Å². The second-order valence-corrected chi connectivity index (χ2v) is 6.68. The summed E-state index contributed by atoms with van der Waals surface area (Å²) in [6.07, 6.45) is 0.758. The standard InChI is InChI=1S/C13H13BrN2O4S/c14-11-4-2-9(21-11)5-6-15-13(19)16-7-8-1-3-10(20-8)12(17)18/h1-4H,5-7H2,(H,17,18)(H2,15,16,19). The number of carbonyl (C=O) groups is 2. The molecule has 2 heterocycles. The Morgan fingerprint density at radius 2 is 2.05 bits per heavy atom. The van der Waals surface area contributed by atoms with Crippen LogP contribution in [0.5, 0.6) is 0 Å². The molecule has 3 N–H and O–H groups in total. The zero-order valence-corrected chi connectivity index (χ0v) is 13.3. The molecule has 0 radical (unpaired) electrons. The van der Waals surface area contributed by atoms with E-state index < -0.39 is 5.97 Å². The average Bonchev–Trinajstić information content (AvgIpc) is 3.05. The minimum atomic E-state index is -1.13. The highest BCUT2D eigenvalue weighted by Gasteiger charge is 2.09. The molecule has 112 valence electrons. The van der Waals surface area contributed by atoms with E-state index in [1.807, 2.05) is 12.1 Å². The first kappa shape index (κ1) is 15.6. The summed E-state index contributed by atoms with van der Waals surface area (Å²) in [4.78, 5) is 23.4. The zero-order chi connectivity index (χ0) is 15.2. The molecule has 0 saturated carbocycles. The number of carboxylic acids is 1. The van der Waals surface area contributed by atoms with Crippen molar-refractivity contribution in [1.29, 1.82) is 0 Å². The average molecular weight is 373 g/mol. The second kappa shape index (κ2) is 7.28. The molecular weight excluding hydrogens is 360 g/mol. The Hall–Kier alpha value is -1.80. The maximum absolute atomic E-state index is 11.6. The van der Waals surface area contributed by atoms with Gasteiger partial charge in [-0.3, -0.25) is 0 Å². The lowest BCUT2D eigenvalue weighted by Gasteiger charge is -2.05. The van der Waals surface area contributed by atoms with Gasteiger partial charge >= 0.3 is 12.0 Å². The Morgan fingerprint density at radius 1 is 1.24 bits per heavy atom. The van der Waals surface area contributed by atoms with Gasteiger partial charge in [-0.15, -0.1) is 11.3 Å². The summed E-state index contributed by atoms with van der Waals surface area (Å²) in [6, 6.07) is 6.53. The van der Waals surface area contributed by atoms with Gasteiger partial charge in [-0.05, 0) is 46.6 Å². The maximum atomic E-state index is 11.6. The lowest BCUT2D eigenvalue weighted by atomic mass is 10.3. The SMILES string of the molecule is O=C(NCCc1ccc(Br)s1)NCc1ccc(C(=O)O)o1. The third-order valence-corrected chi connectivity index (χ3v) is 4.26. The molecular formula is C13H13BrN2O4S. The van der Waals surface area contributed by atoms with Gasteiger partial charge in [-0.1, -0.05) is 0 Å². The number of hydrogen-bond donors (Lipinski definition) is 3. The van der Waals surface area contributed by atoms with Crippen LogP contribution in [-0.2, 0) is 13.0 Å². The van der Waals surface area contributed by atoms with Crippen LogP contribution >= 0.6 is 27.3 Å². The van der Waals surface area contributed by atoms with Crippen molar-refractivity contribution in [2.45, 2.75) is 13.0 Å². The molecule has 0 aromatic carbocycles. The predicted molar refractivity (Wildman–Crippen MR) is 81.6 cm³/mol. The number of nitrogens with one attached hydrogen (secondary N) is 2.